The summed E-state index contributed by atoms with van der Waals surface area (Å²) >= 11 is 3.29. The highest BCUT2D eigenvalue weighted by Gasteiger charge is 2.16. The van der Waals surface area contributed by atoms with Crippen LogP contribution in [0.25, 0.3) is 0 Å². The van der Waals surface area contributed by atoms with Crippen molar-refractivity contribution < 1.29 is 18.8 Å². The molecule has 2 aromatic heterocycles. The van der Waals surface area contributed by atoms with Crippen LogP contribution in [0, 0.1) is 6.92 Å². The van der Waals surface area contributed by atoms with Crippen LogP contribution in [0.3, 0.4) is 0 Å². The summed E-state index contributed by atoms with van der Waals surface area (Å²) in [6.07, 6.45) is 1.74. The van der Waals surface area contributed by atoms with Gasteiger partial charge in [-0.3, -0.25) is 20.4 Å². The van der Waals surface area contributed by atoms with E-state index >= 15 is 0 Å². The number of benzene rings is 1. The molecule has 0 fully saturated rings. The van der Waals surface area contributed by atoms with Crippen LogP contribution < -0.4 is 15.6 Å². The maximum Gasteiger partial charge on any atom is 0.286 e. The molecule has 0 radical (unpaired) electrons. The van der Waals surface area contributed by atoms with E-state index in [1.807, 2.05) is 0 Å². The number of ether oxygens (including phenoxy) is 1. The Bertz CT molecular complexity index is 981. The zero-order valence-corrected chi connectivity index (χ0v) is 16.1. The number of aromatic nitrogens is 3. The van der Waals surface area contributed by atoms with Crippen molar-refractivity contribution in [1.82, 2.24) is 25.6 Å². The molecular weight excluding hydrogens is 418 g/mol. The zero-order chi connectivity index (χ0) is 19.4. The predicted octanol–water partition coefficient (Wildman–Crippen LogP) is 2.13. The minimum absolute atomic E-state index is 0.0470. The highest BCUT2D eigenvalue weighted by Crippen LogP contribution is 2.19. The third kappa shape index (κ3) is 4.53. The van der Waals surface area contributed by atoms with Gasteiger partial charge in [0.25, 0.3) is 11.8 Å². The fourth-order valence-corrected chi connectivity index (χ4v) is 2.84. The van der Waals surface area contributed by atoms with Crippen LogP contribution >= 0.6 is 15.9 Å². The molecule has 0 saturated carbocycles. The Labute approximate surface area is 162 Å². The van der Waals surface area contributed by atoms with Gasteiger partial charge in [-0.25, -0.2) is 0 Å². The van der Waals surface area contributed by atoms with Crippen molar-refractivity contribution in [2.75, 3.05) is 0 Å². The van der Waals surface area contributed by atoms with Gasteiger partial charge in [-0.2, -0.15) is 4.98 Å². The SMILES string of the molecule is Cc1nc(COc2ccccc2C(=O)NNC(=O)c2cc(Br)cn2C)no1. The maximum absolute atomic E-state index is 12.4. The van der Waals surface area contributed by atoms with Crippen molar-refractivity contribution >= 4 is 27.7 Å². The smallest absolute Gasteiger partial charge is 0.286 e. The first-order valence-corrected chi connectivity index (χ1v) is 8.67. The molecule has 2 heterocycles. The summed E-state index contributed by atoms with van der Waals surface area (Å²) in [6.45, 7) is 1.72. The molecule has 140 valence electrons. The van der Waals surface area contributed by atoms with Crippen molar-refractivity contribution in [2.45, 2.75) is 13.5 Å². The Morgan fingerprint density at radius 2 is 2.00 bits per heavy atom. The summed E-state index contributed by atoms with van der Waals surface area (Å²) in [5, 5.41) is 3.73. The molecule has 0 atom stereocenters. The molecule has 0 saturated heterocycles. The normalized spacial score (nSPS) is 10.5. The molecule has 3 rings (SSSR count). The minimum Gasteiger partial charge on any atom is -0.485 e. The molecular formula is C17H16BrN5O4. The van der Waals surface area contributed by atoms with Crippen molar-refractivity contribution in [2.24, 2.45) is 7.05 Å². The van der Waals surface area contributed by atoms with Crippen molar-refractivity contribution in [1.29, 1.82) is 0 Å². The van der Waals surface area contributed by atoms with E-state index in [1.54, 1.807) is 55.1 Å². The average molecular weight is 434 g/mol. The molecule has 0 aliphatic carbocycles. The van der Waals surface area contributed by atoms with E-state index in [0.717, 1.165) is 4.47 Å². The Morgan fingerprint density at radius 3 is 2.67 bits per heavy atom. The third-order valence-electron chi connectivity index (χ3n) is 3.55. The first kappa shape index (κ1) is 18.6. The zero-order valence-electron chi connectivity index (χ0n) is 14.5. The molecule has 0 aliphatic rings. The van der Waals surface area contributed by atoms with E-state index in [2.05, 4.69) is 36.9 Å². The van der Waals surface area contributed by atoms with Crippen LogP contribution in [0.4, 0.5) is 0 Å². The molecule has 27 heavy (non-hydrogen) atoms. The van der Waals surface area contributed by atoms with Crippen LogP contribution in [0.2, 0.25) is 0 Å². The molecule has 3 aromatic rings. The molecule has 10 heteroatoms. The van der Waals surface area contributed by atoms with E-state index in [9.17, 15) is 9.59 Å². The number of para-hydroxylation sites is 1. The van der Waals surface area contributed by atoms with Gasteiger partial charge in [-0.1, -0.05) is 17.3 Å². The lowest BCUT2D eigenvalue weighted by atomic mass is 10.2. The van der Waals surface area contributed by atoms with Gasteiger partial charge in [-0.15, -0.1) is 0 Å². The average Bonchev–Trinajstić information content (AvgIpc) is 3.22. The Kier molecular flexibility index (Phi) is 5.55. The van der Waals surface area contributed by atoms with Gasteiger partial charge in [0.05, 0.1) is 5.56 Å². The van der Waals surface area contributed by atoms with Crippen LogP contribution in [0.15, 0.2) is 45.5 Å². The lowest BCUT2D eigenvalue weighted by Crippen LogP contribution is -2.42. The summed E-state index contributed by atoms with van der Waals surface area (Å²) in [5.74, 6) is 0.155. The second kappa shape index (κ2) is 8.04. The number of carbonyl (C=O) groups is 2. The Morgan fingerprint density at radius 1 is 1.26 bits per heavy atom. The molecule has 2 N–H and O–H groups in total. The van der Waals surface area contributed by atoms with Crippen LogP contribution in [0.5, 0.6) is 5.75 Å². The number of nitrogens with one attached hydrogen (secondary N) is 2. The lowest BCUT2D eigenvalue weighted by molar-refractivity contribution is 0.0839. The van der Waals surface area contributed by atoms with Crippen LogP contribution in [-0.2, 0) is 13.7 Å². The quantitative estimate of drug-likeness (QED) is 0.596. The summed E-state index contributed by atoms with van der Waals surface area (Å²) in [6, 6.07) is 8.28. The van der Waals surface area contributed by atoms with E-state index in [4.69, 9.17) is 9.26 Å². The second-order valence-corrected chi connectivity index (χ2v) is 6.49. The number of hydrogen-bond acceptors (Lipinski definition) is 6. The molecule has 0 bridgehead atoms. The summed E-state index contributed by atoms with van der Waals surface area (Å²) in [4.78, 5) is 28.7. The van der Waals surface area contributed by atoms with E-state index in [0.29, 0.717) is 23.2 Å². The highest BCUT2D eigenvalue weighted by atomic mass is 79.9. The van der Waals surface area contributed by atoms with Gasteiger partial charge in [-0.05, 0) is 34.1 Å². The fraction of sp³-hybridized carbons (Fsp3) is 0.176. The third-order valence-corrected chi connectivity index (χ3v) is 3.99. The number of halogens is 1. The molecule has 9 nitrogen and oxygen atoms in total. The molecule has 1 aromatic carbocycles. The standard InChI is InChI=1S/C17H16BrN5O4/c1-10-19-15(22-27-10)9-26-14-6-4-3-5-12(14)16(24)20-21-17(25)13-7-11(18)8-23(13)2/h3-8H,9H2,1-2H3,(H,20,24)(H,21,25). The number of amides is 2. The van der Waals surface area contributed by atoms with E-state index in [1.165, 1.54) is 0 Å². The number of rotatable bonds is 5. The van der Waals surface area contributed by atoms with Gasteiger partial charge in [0, 0.05) is 24.6 Å². The van der Waals surface area contributed by atoms with Gasteiger partial charge < -0.3 is 13.8 Å². The number of nitrogens with zero attached hydrogens (tertiary/aromatic N) is 3. The summed E-state index contributed by atoms with van der Waals surface area (Å²) in [7, 11) is 1.73. The Hall–Kier alpha value is -3.14. The predicted molar refractivity (Wildman–Crippen MR) is 97.9 cm³/mol. The van der Waals surface area contributed by atoms with Gasteiger partial charge in [0.15, 0.2) is 6.61 Å². The van der Waals surface area contributed by atoms with Gasteiger partial charge in [0.1, 0.15) is 11.4 Å². The molecule has 0 spiro atoms. The topological polar surface area (TPSA) is 111 Å². The van der Waals surface area contributed by atoms with Crippen molar-refractivity contribution in [3.63, 3.8) is 0 Å². The first-order chi connectivity index (χ1) is 12.9. The Balaban J connectivity index is 1.64. The van der Waals surface area contributed by atoms with Crippen LogP contribution in [0.1, 0.15) is 32.6 Å². The largest absolute Gasteiger partial charge is 0.485 e. The number of aryl methyl sites for hydroxylation is 2. The fourth-order valence-electron chi connectivity index (χ4n) is 2.32. The number of carbonyl (C=O) groups excluding carboxylic acids is 2. The first-order valence-electron chi connectivity index (χ1n) is 7.87. The van der Waals surface area contributed by atoms with Crippen LogP contribution in [-0.4, -0.2) is 26.5 Å². The van der Waals surface area contributed by atoms with Crippen molar-refractivity contribution in [3.8, 4) is 5.75 Å². The number of hydrazine groups is 1. The summed E-state index contributed by atoms with van der Waals surface area (Å²) in [5.41, 5.74) is 5.40. The van der Waals surface area contributed by atoms with Gasteiger partial charge >= 0.3 is 0 Å². The number of hydrogen-bond donors (Lipinski definition) is 2. The minimum atomic E-state index is -0.517. The highest BCUT2D eigenvalue weighted by molar-refractivity contribution is 9.10. The van der Waals surface area contributed by atoms with Crippen molar-refractivity contribution in [3.05, 3.63) is 64.0 Å². The molecule has 0 aliphatic heterocycles. The van der Waals surface area contributed by atoms with Gasteiger partial charge in [0.2, 0.25) is 11.7 Å². The molecule has 2 amide bonds. The molecule has 0 unspecified atom stereocenters. The van der Waals surface area contributed by atoms with E-state index in [-0.39, 0.29) is 12.2 Å². The monoisotopic (exact) mass is 433 g/mol. The van der Waals surface area contributed by atoms with E-state index < -0.39 is 11.8 Å². The maximum atomic E-state index is 12.4. The lowest BCUT2D eigenvalue weighted by Gasteiger charge is -2.11. The summed E-state index contributed by atoms with van der Waals surface area (Å²) < 4.78 is 12.9. The second-order valence-electron chi connectivity index (χ2n) is 5.58.